The van der Waals surface area contributed by atoms with E-state index in [4.69, 9.17) is 25.8 Å². The van der Waals surface area contributed by atoms with Crippen molar-refractivity contribution in [2.45, 2.75) is 29.1 Å². The summed E-state index contributed by atoms with van der Waals surface area (Å²) in [6.07, 6.45) is 2.74. The Morgan fingerprint density at radius 3 is 2.12 bits per heavy atom. The molecule has 1 aliphatic heterocycles. The lowest BCUT2D eigenvalue weighted by Gasteiger charge is -2.25. The van der Waals surface area contributed by atoms with E-state index in [0.717, 1.165) is 23.6 Å². The second kappa shape index (κ2) is 14.3. The third kappa shape index (κ3) is 7.91. The highest BCUT2D eigenvalue weighted by atomic mass is 35.5. The Labute approximate surface area is 257 Å². The number of halogens is 1. The van der Waals surface area contributed by atoms with Crippen LogP contribution in [0.4, 0.5) is 5.69 Å². The van der Waals surface area contributed by atoms with Crippen LogP contribution in [-0.4, -0.2) is 74.1 Å². The van der Waals surface area contributed by atoms with Gasteiger partial charge in [-0.2, -0.15) is 4.31 Å². The highest BCUT2D eigenvalue weighted by Gasteiger charge is 2.29. The van der Waals surface area contributed by atoms with Crippen LogP contribution in [0.1, 0.15) is 19.3 Å². The van der Waals surface area contributed by atoms with Gasteiger partial charge in [-0.25, -0.2) is 16.8 Å². The number of hydrogen-bond donors (Lipinski definition) is 1. The maximum absolute atomic E-state index is 13.7. The van der Waals surface area contributed by atoms with Gasteiger partial charge in [0.25, 0.3) is 10.0 Å². The Bertz CT molecular complexity index is 1610. The van der Waals surface area contributed by atoms with Crippen LogP contribution in [0.3, 0.4) is 0 Å². The smallest absolute Gasteiger partial charge is 0.264 e. The van der Waals surface area contributed by atoms with Gasteiger partial charge in [-0.3, -0.25) is 9.10 Å². The maximum Gasteiger partial charge on any atom is 0.264 e. The van der Waals surface area contributed by atoms with E-state index in [1.165, 1.54) is 73.1 Å². The number of sulfonamides is 2. The summed E-state index contributed by atoms with van der Waals surface area (Å²) in [5.41, 5.74) is 0.241. The summed E-state index contributed by atoms with van der Waals surface area (Å²) in [4.78, 5) is 13.0. The molecule has 0 aromatic heterocycles. The van der Waals surface area contributed by atoms with Crippen LogP contribution in [0.15, 0.2) is 76.5 Å². The van der Waals surface area contributed by atoms with E-state index in [1.807, 2.05) is 0 Å². The lowest BCUT2D eigenvalue weighted by molar-refractivity contribution is -0.119. The first-order valence-electron chi connectivity index (χ1n) is 13.6. The molecular weight excluding hydrogens is 618 g/mol. The molecule has 0 radical (unpaired) electrons. The van der Waals surface area contributed by atoms with Crippen LogP contribution in [0, 0.1) is 0 Å². The second-order valence-corrected chi connectivity index (χ2v) is 13.9. The predicted octanol–water partition coefficient (Wildman–Crippen LogP) is 3.92. The number of nitrogens with zero attached hydrogens (tertiary/aromatic N) is 2. The molecule has 0 saturated carbocycles. The number of hydrogen-bond acceptors (Lipinski definition) is 8. The third-order valence-corrected chi connectivity index (χ3v) is 10.7. The topological polar surface area (TPSA) is 132 Å². The fraction of sp³-hybridized carbons (Fsp3) is 0.345. The predicted molar refractivity (Wildman–Crippen MR) is 163 cm³/mol. The standard InChI is InChI=1S/C29H34ClN3O8S2/c1-39-27-15-14-26(20-28(27)40-2)43(37,38)33(23-8-6-22(30)7-9-23)21-29(34)31-16-19-41-24-10-12-25(13-11-24)42(35,36)32-17-4-3-5-18-32/h6-15,20H,3-5,16-19,21H2,1-2H3,(H,31,34). The fourth-order valence-corrected chi connectivity index (χ4v) is 7.61. The molecule has 0 aliphatic carbocycles. The van der Waals surface area contributed by atoms with Crippen molar-refractivity contribution in [3.8, 4) is 17.2 Å². The zero-order valence-electron chi connectivity index (χ0n) is 23.9. The van der Waals surface area contributed by atoms with Crippen molar-refractivity contribution in [2.75, 3.05) is 51.3 Å². The summed E-state index contributed by atoms with van der Waals surface area (Å²) >= 11 is 6.00. The van der Waals surface area contributed by atoms with E-state index in [1.54, 1.807) is 12.1 Å². The van der Waals surface area contributed by atoms with E-state index in [2.05, 4.69) is 5.32 Å². The molecule has 1 saturated heterocycles. The first-order valence-corrected chi connectivity index (χ1v) is 16.8. The SMILES string of the molecule is COc1ccc(S(=O)(=O)N(CC(=O)NCCOc2ccc(S(=O)(=O)N3CCCCC3)cc2)c2ccc(Cl)cc2)cc1OC. The normalized spacial score (nSPS) is 14.1. The summed E-state index contributed by atoms with van der Waals surface area (Å²) in [7, 11) is -4.92. The molecule has 3 aromatic carbocycles. The molecule has 232 valence electrons. The highest BCUT2D eigenvalue weighted by Crippen LogP contribution is 2.32. The number of carbonyl (C=O) groups is 1. The van der Waals surface area contributed by atoms with Crippen LogP contribution in [0.2, 0.25) is 5.02 Å². The first-order chi connectivity index (χ1) is 20.6. The van der Waals surface area contributed by atoms with Gasteiger partial charge in [0.1, 0.15) is 18.9 Å². The molecule has 0 bridgehead atoms. The summed E-state index contributed by atoms with van der Waals surface area (Å²) in [6, 6.07) is 16.4. The van der Waals surface area contributed by atoms with Crippen molar-refractivity contribution >= 4 is 43.2 Å². The van der Waals surface area contributed by atoms with Crippen molar-refractivity contribution in [1.29, 1.82) is 0 Å². The van der Waals surface area contributed by atoms with E-state index < -0.39 is 32.5 Å². The van der Waals surface area contributed by atoms with Crippen molar-refractivity contribution in [1.82, 2.24) is 9.62 Å². The van der Waals surface area contributed by atoms with Gasteiger partial charge in [0.15, 0.2) is 11.5 Å². The van der Waals surface area contributed by atoms with Crippen molar-refractivity contribution < 1.29 is 35.8 Å². The minimum Gasteiger partial charge on any atom is -0.493 e. The van der Waals surface area contributed by atoms with Crippen molar-refractivity contribution in [3.05, 3.63) is 71.8 Å². The number of piperidine rings is 1. The van der Waals surface area contributed by atoms with Crippen LogP contribution >= 0.6 is 11.6 Å². The zero-order valence-corrected chi connectivity index (χ0v) is 26.3. The van der Waals surface area contributed by atoms with Crippen LogP contribution < -0.4 is 23.8 Å². The van der Waals surface area contributed by atoms with E-state index >= 15 is 0 Å². The molecule has 0 atom stereocenters. The Morgan fingerprint density at radius 1 is 0.860 bits per heavy atom. The first kappa shape index (κ1) is 32.4. The summed E-state index contributed by atoms with van der Waals surface area (Å²) in [6.45, 7) is 0.683. The fourth-order valence-electron chi connectivity index (χ4n) is 4.53. The van der Waals surface area contributed by atoms with Gasteiger partial charge in [-0.05, 0) is 73.5 Å². The summed E-state index contributed by atoms with van der Waals surface area (Å²) < 4.78 is 71.6. The molecule has 4 rings (SSSR count). The van der Waals surface area contributed by atoms with Gasteiger partial charge in [-0.1, -0.05) is 18.0 Å². The number of carbonyl (C=O) groups excluding carboxylic acids is 1. The van der Waals surface area contributed by atoms with Crippen molar-refractivity contribution in [3.63, 3.8) is 0 Å². The highest BCUT2D eigenvalue weighted by molar-refractivity contribution is 7.92. The Hall–Kier alpha value is -3.52. The molecule has 1 fully saturated rings. The van der Waals surface area contributed by atoms with Gasteiger partial charge in [0.2, 0.25) is 15.9 Å². The van der Waals surface area contributed by atoms with Gasteiger partial charge in [-0.15, -0.1) is 0 Å². The van der Waals surface area contributed by atoms with Crippen LogP contribution in [0.25, 0.3) is 0 Å². The lowest BCUT2D eigenvalue weighted by Crippen LogP contribution is -2.41. The average molecular weight is 652 g/mol. The molecule has 11 nitrogen and oxygen atoms in total. The van der Waals surface area contributed by atoms with E-state index in [0.29, 0.717) is 29.6 Å². The maximum atomic E-state index is 13.7. The molecule has 14 heteroatoms. The number of amides is 1. The second-order valence-electron chi connectivity index (χ2n) is 9.64. The molecule has 1 aliphatic rings. The van der Waals surface area contributed by atoms with E-state index in [9.17, 15) is 21.6 Å². The van der Waals surface area contributed by atoms with Gasteiger partial charge < -0.3 is 19.5 Å². The molecule has 43 heavy (non-hydrogen) atoms. The minimum absolute atomic E-state index is 0.0767. The zero-order chi connectivity index (χ0) is 31.0. The van der Waals surface area contributed by atoms with Crippen LogP contribution in [-0.2, 0) is 24.8 Å². The average Bonchev–Trinajstić information content (AvgIpc) is 3.02. The lowest BCUT2D eigenvalue weighted by atomic mass is 10.2. The Kier molecular flexibility index (Phi) is 10.8. The Morgan fingerprint density at radius 2 is 1.49 bits per heavy atom. The van der Waals surface area contributed by atoms with Gasteiger partial charge in [0, 0.05) is 24.2 Å². The third-order valence-electron chi connectivity index (χ3n) is 6.81. The number of anilines is 1. The molecule has 0 spiro atoms. The number of nitrogens with one attached hydrogen (secondary N) is 1. The number of benzene rings is 3. The number of rotatable bonds is 13. The van der Waals surface area contributed by atoms with E-state index in [-0.39, 0.29) is 34.4 Å². The summed E-state index contributed by atoms with van der Waals surface area (Å²) in [5.74, 6) is 0.449. The molecule has 3 aromatic rings. The largest absolute Gasteiger partial charge is 0.493 e. The number of ether oxygens (including phenoxy) is 3. The summed E-state index contributed by atoms with van der Waals surface area (Å²) in [5, 5.41) is 3.07. The quantitative estimate of drug-likeness (QED) is 0.275. The van der Waals surface area contributed by atoms with Gasteiger partial charge in [0.05, 0.1) is 36.2 Å². The molecule has 1 N–H and O–H groups in total. The van der Waals surface area contributed by atoms with Gasteiger partial charge >= 0.3 is 0 Å². The Balaban J connectivity index is 1.39. The molecular formula is C29H34ClN3O8S2. The van der Waals surface area contributed by atoms with Crippen LogP contribution in [0.5, 0.6) is 17.2 Å². The minimum atomic E-state index is -4.21. The number of methoxy groups -OCH3 is 2. The molecule has 0 unspecified atom stereocenters. The molecule has 1 amide bonds. The molecule has 1 heterocycles. The van der Waals surface area contributed by atoms with Crippen molar-refractivity contribution in [2.24, 2.45) is 0 Å². The monoisotopic (exact) mass is 651 g/mol.